The number of rotatable bonds is 5. The summed E-state index contributed by atoms with van der Waals surface area (Å²) in [4.78, 5) is 13.1. The lowest BCUT2D eigenvalue weighted by Crippen LogP contribution is -2.33. The molecule has 2 aromatic rings. The van der Waals surface area contributed by atoms with Gasteiger partial charge in [0.2, 0.25) is 5.95 Å². The third-order valence-electron chi connectivity index (χ3n) is 5.17. The van der Waals surface area contributed by atoms with Crippen LogP contribution in [0.1, 0.15) is 31.9 Å². The predicted molar refractivity (Wildman–Crippen MR) is 93.8 cm³/mol. The lowest BCUT2D eigenvalue weighted by Gasteiger charge is -2.21. The first-order chi connectivity index (χ1) is 12.6. The van der Waals surface area contributed by atoms with Gasteiger partial charge in [0.05, 0.1) is 6.61 Å². The van der Waals surface area contributed by atoms with Crippen LogP contribution in [0, 0.1) is 0 Å². The maximum atomic E-state index is 10.5. The number of anilines is 2. The van der Waals surface area contributed by atoms with Crippen molar-refractivity contribution in [3.05, 3.63) is 6.33 Å². The van der Waals surface area contributed by atoms with Gasteiger partial charge < -0.3 is 30.7 Å². The Morgan fingerprint density at radius 2 is 2.00 bits per heavy atom. The number of hydrogen-bond donors (Lipinski definition) is 5. The quantitative estimate of drug-likeness (QED) is 0.490. The van der Waals surface area contributed by atoms with Crippen LogP contribution in [0.3, 0.4) is 0 Å². The van der Waals surface area contributed by atoms with Crippen molar-refractivity contribution in [1.29, 1.82) is 0 Å². The summed E-state index contributed by atoms with van der Waals surface area (Å²) in [6.07, 6.45) is 1.66. The molecule has 3 heterocycles. The van der Waals surface area contributed by atoms with E-state index in [9.17, 15) is 15.3 Å². The first-order valence-corrected chi connectivity index (χ1v) is 8.93. The van der Waals surface area contributed by atoms with Crippen LogP contribution >= 0.6 is 0 Å². The second-order valence-electron chi connectivity index (χ2n) is 6.80. The van der Waals surface area contributed by atoms with Crippen molar-refractivity contribution in [3.8, 4) is 0 Å². The van der Waals surface area contributed by atoms with Gasteiger partial charge in [0.1, 0.15) is 24.6 Å². The highest BCUT2D eigenvalue weighted by atomic mass is 16.6. The van der Waals surface area contributed by atoms with Gasteiger partial charge in [-0.15, -0.1) is 0 Å². The summed E-state index contributed by atoms with van der Waals surface area (Å²) < 4.78 is 7.37. The molecule has 2 aromatic heterocycles. The van der Waals surface area contributed by atoms with E-state index in [2.05, 4.69) is 25.6 Å². The smallest absolute Gasteiger partial charge is 0.207 e. The van der Waals surface area contributed by atoms with E-state index in [4.69, 9.17) is 4.74 Å². The summed E-state index contributed by atoms with van der Waals surface area (Å²) in [5.74, 6) is 1.08. The van der Waals surface area contributed by atoms with Gasteiger partial charge in [-0.3, -0.25) is 4.57 Å². The van der Waals surface area contributed by atoms with Crippen molar-refractivity contribution in [2.45, 2.75) is 56.3 Å². The van der Waals surface area contributed by atoms with Crippen molar-refractivity contribution in [1.82, 2.24) is 19.5 Å². The molecule has 4 rings (SSSR count). The number of hydrogen-bond acceptors (Lipinski definition) is 9. The Labute approximate surface area is 150 Å². The molecule has 1 aliphatic heterocycles. The lowest BCUT2D eigenvalue weighted by molar-refractivity contribution is -0.0501. The zero-order valence-corrected chi connectivity index (χ0v) is 14.5. The van der Waals surface area contributed by atoms with E-state index in [0.29, 0.717) is 22.9 Å². The summed E-state index contributed by atoms with van der Waals surface area (Å²) in [7, 11) is 1.75. The van der Waals surface area contributed by atoms with Gasteiger partial charge in [0.25, 0.3) is 0 Å². The Balaban J connectivity index is 1.80. The van der Waals surface area contributed by atoms with Crippen molar-refractivity contribution < 1.29 is 20.1 Å². The standard InChI is InChI=1S/C16H24N6O4/c1-17-13-10-14(19-7-18-13)22(15-12(25)11(24)9(6-23)26-15)16(21-10)20-8-4-2-3-5-8/h7-9,11-12,15,23-25H,2-6H2,1H3,(H,20,21)(H,17,18,19)/t9-,11-,12-,15-/m1/s1. The molecule has 2 aliphatic rings. The van der Waals surface area contributed by atoms with Crippen LogP contribution < -0.4 is 10.6 Å². The van der Waals surface area contributed by atoms with Gasteiger partial charge >= 0.3 is 0 Å². The molecule has 1 saturated heterocycles. The predicted octanol–water partition coefficient (Wildman–Crippen LogP) is -0.166. The number of fused-ring (bicyclic) bond motifs is 1. The van der Waals surface area contributed by atoms with Crippen molar-refractivity contribution in [2.75, 3.05) is 24.3 Å². The van der Waals surface area contributed by atoms with Crippen molar-refractivity contribution >= 4 is 22.9 Å². The van der Waals surface area contributed by atoms with Crippen LogP contribution in [0.2, 0.25) is 0 Å². The van der Waals surface area contributed by atoms with Crippen LogP contribution in [0.25, 0.3) is 11.2 Å². The second-order valence-corrected chi connectivity index (χ2v) is 6.80. The molecule has 142 valence electrons. The molecule has 0 spiro atoms. The number of nitrogens with zero attached hydrogens (tertiary/aromatic N) is 4. The Hall–Kier alpha value is -2.01. The van der Waals surface area contributed by atoms with Crippen LogP contribution in [0.5, 0.6) is 0 Å². The number of aliphatic hydroxyl groups excluding tert-OH is 3. The number of ether oxygens (including phenoxy) is 1. The van der Waals surface area contributed by atoms with E-state index in [1.165, 1.54) is 6.33 Å². The van der Waals surface area contributed by atoms with Gasteiger partial charge in [0.15, 0.2) is 23.2 Å². The molecule has 26 heavy (non-hydrogen) atoms. The monoisotopic (exact) mass is 364 g/mol. The first-order valence-electron chi connectivity index (χ1n) is 8.93. The van der Waals surface area contributed by atoms with Crippen LogP contribution in [-0.2, 0) is 4.74 Å². The molecule has 1 saturated carbocycles. The molecule has 10 nitrogen and oxygen atoms in total. The molecule has 0 aromatic carbocycles. The number of aromatic nitrogens is 4. The second kappa shape index (κ2) is 6.95. The average Bonchev–Trinajstić information content (AvgIpc) is 3.35. The molecule has 5 N–H and O–H groups in total. The Morgan fingerprint density at radius 1 is 1.23 bits per heavy atom. The topological polar surface area (TPSA) is 138 Å². The summed E-state index contributed by atoms with van der Waals surface area (Å²) in [6, 6.07) is 0.286. The summed E-state index contributed by atoms with van der Waals surface area (Å²) >= 11 is 0. The molecule has 0 radical (unpaired) electrons. The highest BCUT2D eigenvalue weighted by Gasteiger charge is 2.45. The van der Waals surface area contributed by atoms with Crippen LogP contribution in [-0.4, -0.2) is 72.8 Å². The molecule has 1 aliphatic carbocycles. The summed E-state index contributed by atoms with van der Waals surface area (Å²) in [6.45, 7) is -0.385. The van der Waals surface area contributed by atoms with E-state index in [1.807, 2.05) is 0 Å². The van der Waals surface area contributed by atoms with E-state index in [1.54, 1.807) is 11.6 Å². The maximum absolute atomic E-state index is 10.5. The van der Waals surface area contributed by atoms with Gasteiger partial charge in [-0.1, -0.05) is 12.8 Å². The van der Waals surface area contributed by atoms with Crippen LogP contribution in [0.4, 0.5) is 11.8 Å². The molecule has 2 fully saturated rings. The third-order valence-corrected chi connectivity index (χ3v) is 5.17. The fourth-order valence-electron chi connectivity index (χ4n) is 3.78. The van der Waals surface area contributed by atoms with E-state index in [0.717, 1.165) is 25.7 Å². The van der Waals surface area contributed by atoms with E-state index >= 15 is 0 Å². The molecule has 4 atom stereocenters. The molecule has 0 amide bonds. The zero-order chi connectivity index (χ0) is 18.3. The molecule has 0 bridgehead atoms. The normalized spacial score (nSPS) is 29.5. The lowest BCUT2D eigenvalue weighted by atomic mass is 10.1. The SMILES string of the molecule is CNc1ncnc2c1nc(NC1CCCC1)n2[C@@H]1O[C@H](CO)[C@@H](O)[C@H]1O. The number of aliphatic hydroxyl groups is 3. The highest BCUT2D eigenvalue weighted by Crippen LogP contribution is 2.36. The Bertz CT molecular complexity index is 777. The largest absolute Gasteiger partial charge is 0.394 e. The van der Waals surface area contributed by atoms with Gasteiger partial charge in [-0.05, 0) is 12.8 Å². The maximum Gasteiger partial charge on any atom is 0.207 e. The minimum atomic E-state index is -1.21. The molecular weight excluding hydrogens is 340 g/mol. The summed E-state index contributed by atoms with van der Waals surface area (Å²) in [5.41, 5.74) is 1.04. The fraction of sp³-hybridized carbons (Fsp3) is 0.688. The van der Waals surface area contributed by atoms with Crippen molar-refractivity contribution in [2.24, 2.45) is 0 Å². The van der Waals surface area contributed by atoms with Gasteiger partial charge in [-0.2, -0.15) is 0 Å². The van der Waals surface area contributed by atoms with Crippen molar-refractivity contribution in [3.63, 3.8) is 0 Å². The summed E-state index contributed by atoms with van der Waals surface area (Å²) in [5, 5.41) is 36.4. The average molecular weight is 364 g/mol. The molecule has 0 unspecified atom stereocenters. The minimum absolute atomic E-state index is 0.286. The van der Waals surface area contributed by atoms with Gasteiger partial charge in [-0.25, -0.2) is 15.0 Å². The molecular formula is C16H24N6O4. The first kappa shape index (κ1) is 17.4. The Kier molecular flexibility index (Phi) is 4.65. The van der Waals surface area contributed by atoms with Crippen LogP contribution in [0.15, 0.2) is 6.33 Å². The van der Waals surface area contributed by atoms with E-state index in [-0.39, 0.29) is 12.6 Å². The number of imidazole rings is 1. The zero-order valence-electron chi connectivity index (χ0n) is 14.5. The minimum Gasteiger partial charge on any atom is -0.394 e. The molecule has 10 heteroatoms. The number of nitrogens with one attached hydrogen (secondary N) is 2. The van der Waals surface area contributed by atoms with Gasteiger partial charge in [0, 0.05) is 13.1 Å². The Morgan fingerprint density at radius 3 is 2.65 bits per heavy atom. The fourth-order valence-corrected chi connectivity index (χ4v) is 3.78. The third kappa shape index (κ3) is 2.78. The highest BCUT2D eigenvalue weighted by molar-refractivity contribution is 5.85. The van der Waals surface area contributed by atoms with E-state index < -0.39 is 24.5 Å².